The highest BCUT2D eigenvalue weighted by molar-refractivity contribution is 5.87. The van der Waals surface area contributed by atoms with Gasteiger partial charge in [0.2, 0.25) is 11.8 Å². The molecule has 16 nitrogen and oxygen atoms in total. The fraction of sp³-hybridized carbons (Fsp3) is 0.417. The van der Waals surface area contributed by atoms with E-state index in [1.165, 1.54) is 0 Å². The first-order chi connectivity index (χ1) is 19.2. The molecule has 0 spiro atoms. The number of carbonyl (C=O) groups excluding carboxylic acids is 6. The van der Waals surface area contributed by atoms with E-state index < -0.39 is 48.1 Å². The normalized spacial score (nSPS) is 11.3. The Morgan fingerprint density at radius 2 is 1.15 bits per heavy atom. The van der Waals surface area contributed by atoms with Gasteiger partial charge in [-0.3, -0.25) is 14.9 Å². The molecule has 40 heavy (non-hydrogen) atoms. The minimum absolute atomic E-state index is 0.0618. The first kappa shape index (κ1) is 35.3. The molecular formula is C24H35N5O11. The minimum Gasteiger partial charge on any atom is -0.461 e. The molecule has 0 saturated carbocycles. The lowest BCUT2D eigenvalue weighted by molar-refractivity contribution is -0.138. The Morgan fingerprint density at radius 3 is 1.65 bits per heavy atom. The van der Waals surface area contributed by atoms with Crippen molar-refractivity contribution in [2.75, 3.05) is 52.9 Å². The maximum absolute atomic E-state index is 12.4. The SMILES string of the molecule is C=CC(=O)NCNCC(OC(=O)NCCOC(=O)C=C)C(COCNC(=O)C=C)OC(=O)NCCOC(=O)C=C. The summed E-state index contributed by atoms with van der Waals surface area (Å²) >= 11 is 0. The van der Waals surface area contributed by atoms with E-state index in [0.29, 0.717) is 0 Å². The summed E-state index contributed by atoms with van der Waals surface area (Å²) in [7, 11) is 0. The number of nitrogens with one attached hydrogen (secondary N) is 5. The van der Waals surface area contributed by atoms with Gasteiger partial charge in [-0.1, -0.05) is 26.3 Å². The zero-order valence-corrected chi connectivity index (χ0v) is 21.9. The highest BCUT2D eigenvalue weighted by Crippen LogP contribution is 2.07. The van der Waals surface area contributed by atoms with Gasteiger partial charge in [0.15, 0.2) is 12.2 Å². The van der Waals surface area contributed by atoms with E-state index in [-0.39, 0.29) is 52.9 Å². The maximum atomic E-state index is 12.4. The quantitative estimate of drug-likeness (QED) is 0.0361. The molecular weight excluding hydrogens is 534 g/mol. The van der Waals surface area contributed by atoms with Crippen LogP contribution in [0.3, 0.4) is 0 Å². The molecule has 0 aromatic carbocycles. The molecule has 0 heterocycles. The molecule has 0 aromatic rings. The molecule has 2 unspecified atom stereocenters. The number of hydrogen-bond acceptors (Lipinski definition) is 12. The van der Waals surface area contributed by atoms with Crippen molar-refractivity contribution in [3.05, 3.63) is 50.6 Å². The second-order valence-electron chi connectivity index (χ2n) is 7.12. The van der Waals surface area contributed by atoms with Gasteiger partial charge >= 0.3 is 24.1 Å². The Kier molecular flexibility index (Phi) is 19.7. The third-order valence-electron chi connectivity index (χ3n) is 4.23. The molecule has 5 N–H and O–H groups in total. The molecule has 0 bridgehead atoms. The second kappa shape index (κ2) is 22.3. The molecule has 0 saturated heterocycles. The molecule has 0 rings (SSSR count). The fourth-order valence-electron chi connectivity index (χ4n) is 2.36. The van der Waals surface area contributed by atoms with Crippen molar-refractivity contribution in [1.29, 1.82) is 0 Å². The summed E-state index contributed by atoms with van der Waals surface area (Å²) in [6.45, 7) is 11.7. The van der Waals surface area contributed by atoms with Crippen LogP contribution in [-0.2, 0) is 42.9 Å². The van der Waals surface area contributed by atoms with Gasteiger partial charge in [-0.05, 0) is 12.2 Å². The monoisotopic (exact) mass is 569 g/mol. The molecule has 0 radical (unpaired) electrons. The van der Waals surface area contributed by atoms with Gasteiger partial charge < -0.3 is 45.0 Å². The second-order valence-corrected chi connectivity index (χ2v) is 7.12. The zero-order chi connectivity index (χ0) is 30.2. The summed E-state index contributed by atoms with van der Waals surface area (Å²) in [5.74, 6) is -2.36. The lowest BCUT2D eigenvalue weighted by Gasteiger charge is -2.27. The Labute approximate surface area is 231 Å². The lowest BCUT2D eigenvalue weighted by Crippen LogP contribution is -2.49. The Hall–Kier alpha value is -4.70. The van der Waals surface area contributed by atoms with E-state index in [9.17, 15) is 28.8 Å². The van der Waals surface area contributed by atoms with Crippen LogP contribution in [-0.4, -0.2) is 101 Å². The van der Waals surface area contributed by atoms with Crippen LogP contribution >= 0.6 is 0 Å². The molecule has 0 aromatic heterocycles. The Morgan fingerprint density at radius 1 is 0.650 bits per heavy atom. The van der Waals surface area contributed by atoms with Crippen LogP contribution < -0.4 is 26.6 Å². The number of amides is 4. The predicted octanol–water partition coefficient (Wildman–Crippen LogP) is -1.24. The summed E-state index contributed by atoms with van der Waals surface area (Å²) in [5, 5.41) is 12.3. The maximum Gasteiger partial charge on any atom is 0.407 e. The predicted molar refractivity (Wildman–Crippen MR) is 139 cm³/mol. The smallest absolute Gasteiger partial charge is 0.407 e. The topological polar surface area (TPSA) is 209 Å². The third kappa shape index (κ3) is 18.5. The van der Waals surface area contributed by atoms with Crippen molar-refractivity contribution < 1.29 is 52.5 Å². The molecule has 16 heteroatoms. The highest BCUT2D eigenvalue weighted by atomic mass is 16.6. The largest absolute Gasteiger partial charge is 0.461 e. The standard InChI is InChI=1S/C24H35N5O11/c1-5-19(30)28-15-25-13-17(39-23(34)26-9-11-37-21(32)7-3)18(14-36-16-29-20(31)6-2)40-24(35)27-10-12-38-22(33)8-4/h5-8,17-18,25H,1-4,9-16H2,(H,26,34)(H,27,35)(H,28,30)(H,29,31). The van der Waals surface area contributed by atoms with Crippen molar-refractivity contribution in [2.24, 2.45) is 0 Å². The number of hydrogen-bond donors (Lipinski definition) is 5. The van der Waals surface area contributed by atoms with Gasteiger partial charge in [0.25, 0.3) is 0 Å². The van der Waals surface area contributed by atoms with Crippen LogP contribution in [0.2, 0.25) is 0 Å². The summed E-state index contributed by atoms with van der Waals surface area (Å²) in [6.07, 6.45) is -0.383. The summed E-state index contributed by atoms with van der Waals surface area (Å²) < 4.78 is 25.6. The van der Waals surface area contributed by atoms with E-state index in [0.717, 1.165) is 24.3 Å². The van der Waals surface area contributed by atoms with Crippen molar-refractivity contribution in [3.8, 4) is 0 Å². The van der Waals surface area contributed by atoms with Crippen LogP contribution in [0.15, 0.2) is 50.6 Å². The first-order valence-corrected chi connectivity index (χ1v) is 11.7. The van der Waals surface area contributed by atoms with Gasteiger partial charge in [-0.2, -0.15) is 0 Å². The van der Waals surface area contributed by atoms with Crippen LogP contribution in [0.25, 0.3) is 0 Å². The van der Waals surface area contributed by atoms with Gasteiger partial charge in [-0.25, -0.2) is 19.2 Å². The first-order valence-electron chi connectivity index (χ1n) is 11.7. The zero-order valence-electron chi connectivity index (χ0n) is 21.9. The van der Waals surface area contributed by atoms with Crippen LogP contribution in [0.1, 0.15) is 0 Å². The van der Waals surface area contributed by atoms with Gasteiger partial charge in [0, 0.05) is 18.7 Å². The number of ether oxygens (including phenoxy) is 5. The van der Waals surface area contributed by atoms with Crippen molar-refractivity contribution in [2.45, 2.75) is 12.2 Å². The van der Waals surface area contributed by atoms with Crippen molar-refractivity contribution >= 4 is 35.9 Å². The highest BCUT2D eigenvalue weighted by Gasteiger charge is 2.29. The molecule has 2 atom stereocenters. The fourth-order valence-corrected chi connectivity index (χ4v) is 2.36. The number of alkyl carbamates (subject to hydrolysis) is 2. The van der Waals surface area contributed by atoms with E-state index in [1.54, 1.807) is 0 Å². The lowest BCUT2D eigenvalue weighted by atomic mass is 10.2. The van der Waals surface area contributed by atoms with Crippen LogP contribution in [0.5, 0.6) is 0 Å². The van der Waals surface area contributed by atoms with E-state index in [4.69, 9.17) is 23.7 Å². The number of rotatable bonds is 21. The molecule has 0 aliphatic carbocycles. The number of esters is 2. The molecule has 0 aliphatic rings. The van der Waals surface area contributed by atoms with Crippen LogP contribution in [0.4, 0.5) is 9.59 Å². The van der Waals surface area contributed by atoms with E-state index in [2.05, 4.69) is 52.9 Å². The Bertz CT molecular complexity index is 838. The van der Waals surface area contributed by atoms with Crippen LogP contribution in [0, 0.1) is 0 Å². The molecule has 0 fully saturated rings. The number of carbonyl (C=O) groups is 6. The van der Waals surface area contributed by atoms with Gasteiger partial charge in [-0.15, -0.1) is 0 Å². The molecule has 222 valence electrons. The minimum atomic E-state index is -1.25. The summed E-state index contributed by atoms with van der Waals surface area (Å²) in [6, 6.07) is 0. The van der Waals surface area contributed by atoms with E-state index in [1.807, 2.05) is 0 Å². The molecule has 0 aliphatic heterocycles. The van der Waals surface area contributed by atoms with E-state index >= 15 is 0 Å². The van der Waals surface area contributed by atoms with Crippen molar-refractivity contribution in [1.82, 2.24) is 26.6 Å². The average molecular weight is 570 g/mol. The van der Waals surface area contributed by atoms with Gasteiger partial charge in [0.1, 0.15) is 19.9 Å². The third-order valence-corrected chi connectivity index (χ3v) is 4.23. The molecule has 4 amide bonds. The Balaban J connectivity index is 5.36. The summed E-state index contributed by atoms with van der Waals surface area (Å²) in [5.41, 5.74) is 0. The van der Waals surface area contributed by atoms with Gasteiger partial charge in [0.05, 0.1) is 26.4 Å². The summed E-state index contributed by atoms with van der Waals surface area (Å²) in [4.78, 5) is 69.7. The van der Waals surface area contributed by atoms with Crippen molar-refractivity contribution in [3.63, 3.8) is 0 Å². The average Bonchev–Trinajstić information content (AvgIpc) is 2.95.